The molecule has 5 heteroatoms. The predicted octanol–water partition coefficient (Wildman–Crippen LogP) is 3.97. The van der Waals surface area contributed by atoms with Gasteiger partial charge in [0.1, 0.15) is 0 Å². The molecule has 0 unspecified atom stereocenters. The Kier molecular flexibility index (Phi) is 3.79. The number of halogens is 3. The zero-order valence-corrected chi connectivity index (χ0v) is 10.9. The summed E-state index contributed by atoms with van der Waals surface area (Å²) in [6.45, 7) is 3.64. The van der Waals surface area contributed by atoms with Gasteiger partial charge in [-0.1, -0.05) is 17.2 Å². The van der Waals surface area contributed by atoms with Gasteiger partial charge < -0.3 is 5.32 Å². The van der Waals surface area contributed by atoms with E-state index in [-0.39, 0.29) is 0 Å². The van der Waals surface area contributed by atoms with Gasteiger partial charge in [-0.25, -0.2) is 13.2 Å². The Hall–Kier alpha value is -2.30. The molecule has 104 valence electrons. The van der Waals surface area contributed by atoms with Gasteiger partial charge in [-0.2, -0.15) is 0 Å². The smallest absolute Gasteiger partial charge is 0.255 e. The van der Waals surface area contributed by atoms with Crippen molar-refractivity contribution < 1.29 is 18.0 Å². The molecule has 1 N–H and O–H groups in total. The molecule has 0 aliphatic heterocycles. The molecule has 2 aromatic rings. The van der Waals surface area contributed by atoms with Crippen molar-refractivity contribution in [2.24, 2.45) is 0 Å². The maximum absolute atomic E-state index is 13.5. The third kappa shape index (κ3) is 2.82. The summed E-state index contributed by atoms with van der Waals surface area (Å²) >= 11 is 0. The average molecular weight is 279 g/mol. The van der Waals surface area contributed by atoms with Crippen LogP contribution in [0.1, 0.15) is 21.5 Å². The van der Waals surface area contributed by atoms with Crippen molar-refractivity contribution in [1.82, 2.24) is 0 Å². The molecular weight excluding hydrogens is 267 g/mol. The molecular formula is C15H12F3NO. The summed E-state index contributed by atoms with van der Waals surface area (Å²) in [6, 6.07) is 6.87. The second-order valence-electron chi connectivity index (χ2n) is 4.55. The summed E-state index contributed by atoms with van der Waals surface area (Å²) in [6.07, 6.45) is 0. The van der Waals surface area contributed by atoms with Crippen LogP contribution in [0.15, 0.2) is 30.3 Å². The minimum absolute atomic E-state index is 0.326. The number of amides is 1. The van der Waals surface area contributed by atoms with Crippen LogP contribution in [0.25, 0.3) is 0 Å². The lowest BCUT2D eigenvalue weighted by Gasteiger charge is -2.08. The fourth-order valence-electron chi connectivity index (χ4n) is 1.92. The molecule has 0 aliphatic carbocycles. The molecule has 0 saturated heterocycles. The summed E-state index contributed by atoms with van der Waals surface area (Å²) in [5.41, 5.74) is 1.68. The van der Waals surface area contributed by atoms with Crippen LogP contribution in [0.5, 0.6) is 0 Å². The molecule has 0 spiro atoms. The van der Waals surface area contributed by atoms with Crippen LogP contribution in [0.2, 0.25) is 0 Å². The minimum Gasteiger partial charge on any atom is -0.319 e. The number of benzene rings is 2. The largest absolute Gasteiger partial charge is 0.319 e. The number of hydrogen-bond acceptors (Lipinski definition) is 1. The summed E-state index contributed by atoms with van der Waals surface area (Å²) < 4.78 is 39.3. The van der Waals surface area contributed by atoms with E-state index in [0.29, 0.717) is 5.56 Å². The van der Waals surface area contributed by atoms with Crippen molar-refractivity contribution in [1.29, 1.82) is 0 Å². The lowest BCUT2D eigenvalue weighted by atomic mass is 10.1. The van der Waals surface area contributed by atoms with Gasteiger partial charge in [0.2, 0.25) is 0 Å². The molecule has 0 bridgehead atoms. The summed E-state index contributed by atoms with van der Waals surface area (Å²) in [7, 11) is 0. The van der Waals surface area contributed by atoms with Crippen LogP contribution in [-0.4, -0.2) is 5.91 Å². The molecule has 0 atom stereocenters. The molecule has 2 rings (SSSR count). The maximum Gasteiger partial charge on any atom is 0.255 e. The first kappa shape index (κ1) is 14.1. The number of aryl methyl sites for hydroxylation is 2. The van der Waals surface area contributed by atoms with E-state index in [1.54, 1.807) is 12.1 Å². The zero-order chi connectivity index (χ0) is 14.9. The molecule has 20 heavy (non-hydrogen) atoms. The van der Waals surface area contributed by atoms with Gasteiger partial charge in [0.25, 0.3) is 5.91 Å². The Balaban J connectivity index is 2.30. The first-order valence-electron chi connectivity index (χ1n) is 5.91. The second-order valence-corrected chi connectivity index (χ2v) is 4.55. The number of rotatable bonds is 2. The van der Waals surface area contributed by atoms with Crippen molar-refractivity contribution in [3.05, 3.63) is 64.5 Å². The Morgan fingerprint density at radius 3 is 2.15 bits per heavy atom. The summed E-state index contributed by atoms with van der Waals surface area (Å²) in [4.78, 5) is 12.0. The maximum atomic E-state index is 13.5. The molecule has 0 radical (unpaired) electrons. The van der Waals surface area contributed by atoms with Crippen molar-refractivity contribution in [3.63, 3.8) is 0 Å². The first-order chi connectivity index (χ1) is 9.38. The molecule has 0 fully saturated rings. The Morgan fingerprint density at radius 1 is 0.950 bits per heavy atom. The van der Waals surface area contributed by atoms with Crippen molar-refractivity contribution in [2.45, 2.75) is 13.8 Å². The van der Waals surface area contributed by atoms with Gasteiger partial charge in [0.05, 0.1) is 5.69 Å². The lowest BCUT2D eigenvalue weighted by molar-refractivity contribution is 0.102. The van der Waals surface area contributed by atoms with E-state index in [2.05, 4.69) is 5.32 Å². The van der Waals surface area contributed by atoms with E-state index in [4.69, 9.17) is 0 Å². The number of anilines is 1. The van der Waals surface area contributed by atoms with E-state index in [1.165, 1.54) is 0 Å². The van der Waals surface area contributed by atoms with Gasteiger partial charge in [-0.3, -0.25) is 4.79 Å². The molecule has 2 nitrogen and oxygen atoms in total. The Bertz CT molecular complexity index is 663. The highest BCUT2D eigenvalue weighted by Crippen LogP contribution is 2.20. The highest BCUT2D eigenvalue weighted by Gasteiger charge is 2.16. The SMILES string of the molecule is Cc1cc(C)cc(C(=O)Nc2ccc(F)c(F)c2F)c1. The van der Waals surface area contributed by atoms with Gasteiger partial charge in [0, 0.05) is 5.56 Å². The normalized spacial score (nSPS) is 10.4. The van der Waals surface area contributed by atoms with Crippen LogP contribution >= 0.6 is 0 Å². The molecule has 0 aromatic heterocycles. The topological polar surface area (TPSA) is 29.1 Å². The highest BCUT2D eigenvalue weighted by molar-refractivity contribution is 6.04. The van der Waals surface area contributed by atoms with Gasteiger partial charge >= 0.3 is 0 Å². The number of nitrogens with one attached hydrogen (secondary N) is 1. The van der Waals surface area contributed by atoms with Crippen LogP contribution in [0, 0.1) is 31.3 Å². The van der Waals surface area contributed by atoms with E-state index < -0.39 is 29.0 Å². The van der Waals surface area contributed by atoms with E-state index >= 15 is 0 Å². The quantitative estimate of drug-likeness (QED) is 0.828. The number of carbonyl (C=O) groups excluding carboxylic acids is 1. The molecule has 0 saturated carbocycles. The van der Waals surface area contributed by atoms with Gasteiger partial charge in [-0.15, -0.1) is 0 Å². The van der Waals surface area contributed by atoms with Crippen molar-refractivity contribution >= 4 is 11.6 Å². The van der Waals surface area contributed by atoms with Crippen molar-refractivity contribution in [2.75, 3.05) is 5.32 Å². The molecule has 2 aromatic carbocycles. The van der Waals surface area contributed by atoms with Crippen LogP contribution in [-0.2, 0) is 0 Å². The fraction of sp³-hybridized carbons (Fsp3) is 0.133. The standard InChI is InChI=1S/C15H12F3NO/c1-8-5-9(2)7-10(6-8)15(20)19-12-4-3-11(16)13(17)14(12)18/h3-7H,1-2H3,(H,19,20). The minimum atomic E-state index is -1.61. The van der Waals surface area contributed by atoms with Gasteiger partial charge in [-0.05, 0) is 38.1 Å². The molecule has 0 aliphatic rings. The lowest BCUT2D eigenvalue weighted by Crippen LogP contribution is -2.14. The summed E-state index contributed by atoms with van der Waals surface area (Å²) in [5, 5.41) is 2.23. The van der Waals surface area contributed by atoms with E-state index in [9.17, 15) is 18.0 Å². The fourth-order valence-corrected chi connectivity index (χ4v) is 1.92. The Morgan fingerprint density at radius 2 is 1.55 bits per heavy atom. The first-order valence-corrected chi connectivity index (χ1v) is 5.91. The van der Waals surface area contributed by atoms with Crippen LogP contribution < -0.4 is 5.32 Å². The monoisotopic (exact) mass is 279 g/mol. The second kappa shape index (κ2) is 5.36. The number of carbonyl (C=O) groups is 1. The summed E-state index contributed by atoms with van der Waals surface area (Å²) in [5.74, 6) is -4.90. The molecule has 1 amide bonds. The van der Waals surface area contributed by atoms with E-state index in [1.807, 2.05) is 19.9 Å². The predicted molar refractivity (Wildman–Crippen MR) is 70.2 cm³/mol. The van der Waals surface area contributed by atoms with Crippen molar-refractivity contribution in [3.8, 4) is 0 Å². The Labute approximate surface area is 114 Å². The number of hydrogen-bond donors (Lipinski definition) is 1. The third-order valence-corrected chi connectivity index (χ3v) is 2.77. The highest BCUT2D eigenvalue weighted by atomic mass is 19.2. The van der Waals surface area contributed by atoms with Crippen LogP contribution in [0.3, 0.4) is 0 Å². The van der Waals surface area contributed by atoms with Gasteiger partial charge in [0.15, 0.2) is 17.5 Å². The third-order valence-electron chi connectivity index (χ3n) is 2.77. The molecule has 0 heterocycles. The van der Waals surface area contributed by atoms with E-state index in [0.717, 1.165) is 23.3 Å². The zero-order valence-electron chi connectivity index (χ0n) is 10.9. The van der Waals surface area contributed by atoms with Crippen LogP contribution in [0.4, 0.5) is 18.9 Å². The average Bonchev–Trinajstić information content (AvgIpc) is 2.38.